The lowest BCUT2D eigenvalue weighted by atomic mass is 10.0. The molecule has 0 atom stereocenters. The van der Waals surface area contributed by atoms with Crippen LogP contribution in [0, 0.1) is 5.82 Å². The van der Waals surface area contributed by atoms with E-state index in [1.54, 1.807) is 0 Å². The molecular formula is C17H13ClF4N2O4. The third-order valence-corrected chi connectivity index (χ3v) is 3.86. The number of alkyl halides is 3. The van der Waals surface area contributed by atoms with Crippen molar-refractivity contribution in [2.75, 3.05) is 21.2 Å². The maximum Gasteiger partial charge on any atom is 0.456 e. The first kappa shape index (κ1) is 21.4. The first-order valence-corrected chi connectivity index (χ1v) is 7.89. The average molecular weight is 421 g/mol. The van der Waals surface area contributed by atoms with Crippen LogP contribution in [-0.2, 0) is 9.53 Å². The normalized spacial score (nSPS) is 12.1. The van der Waals surface area contributed by atoms with Gasteiger partial charge in [0, 0.05) is 20.2 Å². The van der Waals surface area contributed by atoms with Crippen molar-refractivity contribution in [1.82, 2.24) is 10.1 Å². The predicted molar refractivity (Wildman–Crippen MR) is 91.0 cm³/mol. The fraction of sp³-hybridized carbons (Fsp3) is 0.235. The largest absolute Gasteiger partial charge is 0.465 e. The molecule has 0 N–H and O–H groups in total. The molecule has 0 spiro atoms. The Hall–Kier alpha value is -2.88. The minimum atomic E-state index is -5.17. The van der Waals surface area contributed by atoms with Crippen molar-refractivity contribution in [3.63, 3.8) is 0 Å². The van der Waals surface area contributed by atoms with Gasteiger partial charge in [0.15, 0.2) is 5.76 Å². The summed E-state index contributed by atoms with van der Waals surface area (Å²) in [5.41, 5.74) is -2.00. The van der Waals surface area contributed by atoms with E-state index < -0.39 is 40.8 Å². The number of aromatic nitrogens is 1. The quantitative estimate of drug-likeness (QED) is 0.414. The van der Waals surface area contributed by atoms with Crippen LogP contribution in [0.2, 0.25) is 5.02 Å². The van der Waals surface area contributed by atoms with Gasteiger partial charge in [0.05, 0.1) is 23.4 Å². The summed E-state index contributed by atoms with van der Waals surface area (Å²) >= 11 is 5.96. The van der Waals surface area contributed by atoms with E-state index in [9.17, 15) is 27.2 Å². The lowest BCUT2D eigenvalue weighted by Gasteiger charge is -2.17. The van der Waals surface area contributed by atoms with Crippen LogP contribution in [-0.4, -0.2) is 49.2 Å². The van der Waals surface area contributed by atoms with Gasteiger partial charge in [0.1, 0.15) is 17.1 Å². The third kappa shape index (κ3) is 4.16. The van der Waals surface area contributed by atoms with Gasteiger partial charge in [-0.3, -0.25) is 4.79 Å². The molecule has 2 aromatic rings. The van der Waals surface area contributed by atoms with E-state index in [1.165, 1.54) is 26.2 Å². The third-order valence-electron chi connectivity index (χ3n) is 3.55. The summed E-state index contributed by atoms with van der Waals surface area (Å²) in [5.74, 6) is -4.61. The summed E-state index contributed by atoms with van der Waals surface area (Å²) in [7, 11) is 3.39. The number of allylic oxidation sites excluding steroid dienone is 1. The van der Waals surface area contributed by atoms with E-state index in [-0.39, 0.29) is 16.3 Å². The molecule has 0 fully saturated rings. The standard InChI is InChI=1S/C17H13ClF4N2O4/c1-24(2)10(15(25)17(20,21)22)7-11-13(16(26)27-3)14(23-28-11)12-8(18)5-4-6-9(12)19/h4-7H,1-3H3/b10-7+. The molecule has 28 heavy (non-hydrogen) atoms. The average Bonchev–Trinajstić information content (AvgIpc) is 3.00. The van der Waals surface area contributed by atoms with Crippen molar-refractivity contribution >= 4 is 29.4 Å². The minimum absolute atomic E-state index is 0.117. The van der Waals surface area contributed by atoms with E-state index in [4.69, 9.17) is 16.1 Å². The number of carbonyl (C=O) groups excluding carboxylic acids is 2. The van der Waals surface area contributed by atoms with Crippen LogP contribution >= 0.6 is 11.6 Å². The highest BCUT2D eigenvalue weighted by Gasteiger charge is 2.42. The molecule has 0 saturated carbocycles. The molecule has 0 amide bonds. The lowest BCUT2D eigenvalue weighted by Crippen LogP contribution is -2.31. The number of halogens is 5. The Morgan fingerprint density at radius 3 is 2.43 bits per heavy atom. The number of Topliss-reactive ketones (excluding diaryl/α,β-unsaturated/α-hetero) is 1. The smallest absolute Gasteiger partial charge is 0.456 e. The summed E-state index contributed by atoms with van der Waals surface area (Å²) in [6, 6.07) is 3.68. The lowest BCUT2D eigenvalue weighted by molar-refractivity contribution is -0.167. The topological polar surface area (TPSA) is 72.6 Å². The minimum Gasteiger partial charge on any atom is -0.465 e. The Bertz CT molecular complexity index is 931. The van der Waals surface area contributed by atoms with E-state index in [0.29, 0.717) is 6.08 Å². The molecule has 1 aromatic carbocycles. The molecule has 0 bridgehead atoms. The Kier molecular flexibility index (Phi) is 6.13. The van der Waals surface area contributed by atoms with Crippen molar-refractivity contribution < 1.29 is 36.4 Å². The maximum absolute atomic E-state index is 14.2. The number of likely N-dealkylation sites (N-methyl/N-ethyl adjacent to an activating group) is 1. The Morgan fingerprint density at radius 1 is 1.29 bits per heavy atom. The molecule has 1 heterocycles. The molecular weight excluding hydrogens is 408 g/mol. The molecule has 0 aliphatic rings. The summed E-state index contributed by atoms with van der Waals surface area (Å²) in [4.78, 5) is 24.7. The van der Waals surface area contributed by atoms with Crippen LogP contribution < -0.4 is 0 Å². The molecule has 0 radical (unpaired) electrons. The molecule has 1 aromatic heterocycles. The van der Waals surface area contributed by atoms with Gasteiger partial charge in [-0.2, -0.15) is 13.2 Å². The number of hydrogen-bond donors (Lipinski definition) is 0. The van der Waals surface area contributed by atoms with E-state index in [0.717, 1.165) is 18.1 Å². The fourth-order valence-corrected chi connectivity index (χ4v) is 2.51. The van der Waals surface area contributed by atoms with Gasteiger partial charge in [-0.05, 0) is 12.1 Å². The van der Waals surface area contributed by atoms with Crippen LogP contribution in [0.15, 0.2) is 28.4 Å². The van der Waals surface area contributed by atoms with Crippen molar-refractivity contribution in [3.05, 3.63) is 46.1 Å². The number of rotatable bonds is 5. The molecule has 0 unspecified atom stereocenters. The summed E-state index contributed by atoms with van der Waals surface area (Å²) < 4.78 is 62.3. The van der Waals surface area contributed by atoms with Crippen LogP contribution in [0.1, 0.15) is 16.1 Å². The second kappa shape index (κ2) is 8.01. The Labute approximate surface area is 161 Å². The number of nitrogens with zero attached hydrogens (tertiary/aromatic N) is 2. The van der Waals surface area contributed by atoms with Gasteiger partial charge in [0.25, 0.3) is 5.78 Å². The Morgan fingerprint density at radius 2 is 1.93 bits per heavy atom. The molecule has 0 saturated heterocycles. The second-order valence-electron chi connectivity index (χ2n) is 5.61. The molecule has 2 rings (SSSR count). The predicted octanol–water partition coefficient (Wildman–Crippen LogP) is 3.95. The number of carbonyl (C=O) groups is 2. The van der Waals surface area contributed by atoms with Crippen molar-refractivity contribution in [3.8, 4) is 11.3 Å². The van der Waals surface area contributed by atoms with Crippen molar-refractivity contribution in [2.24, 2.45) is 0 Å². The van der Waals surface area contributed by atoms with E-state index in [2.05, 4.69) is 9.89 Å². The molecule has 150 valence electrons. The number of ether oxygens (including phenoxy) is 1. The SMILES string of the molecule is COC(=O)c1c(-c2c(F)cccc2Cl)noc1/C=C(\C(=O)C(F)(F)F)N(C)C. The number of esters is 1. The van der Waals surface area contributed by atoms with Crippen LogP contribution in [0.25, 0.3) is 17.3 Å². The fourth-order valence-electron chi connectivity index (χ4n) is 2.26. The van der Waals surface area contributed by atoms with Gasteiger partial charge in [-0.25, -0.2) is 9.18 Å². The van der Waals surface area contributed by atoms with Crippen LogP contribution in [0.3, 0.4) is 0 Å². The number of benzene rings is 1. The zero-order chi connectivity index (χ0) is 21.2. The molecule has 6 nitrogen and oxygen atoms in total. The van der Waals surface area contributed by atoms with Crippen molar-refractivity contribution in [1.29, 1.82) is 0 Å². The van der Waals surface area contributed by atoms with E-state index >= 15 is 0 Å². The number of ketones is 1. The maximum atomic E-state index is 14.2. The number of hydrogen-bond acceptors (Lipinski definition) is 6. The Balaban J connectivity index is 2.74. The first-order valence-electron chi connectivity index (χ1n) is 7.52. The summed E-state index contributed by atoms with van der Waals surface area (Å²) in [6.07, 6.45) is -4.49. The van der Waals surface area contributed by atoms with Gasteiger partial charge < -0.3 is 14.2 Å². The number of methoxy groups -OCH3 is 1. The molecule has 0 aliphatic heterocycles. The highest BCUT2D eigenvalue weighted by atomic mass is 35.5. The summed E-state index contributed by atoms with van der Waals surface area (Å²) in [6.45, 7) is 0. The highest BCUT2D eigenvalue weighted by Crippen LogP contribution is 2.35. The zero-order valence-electron chi connectivity index (χ0n) is 14.7. The van der Waals surface area contributed by atoms with Gasteiger partial charge in [-0.15, -0.1) is 0 Å². The van der Waals surface area contributed by atoms with E-state index in [1.807, 2.05) is 0 Å². The van der Waals surface area contributed by atoms with Gasteiger partial charge >= 0.3 is 12.1 Å². The van der Waals surface area contributed by atoms with Crippen LogP contribution in [0.4, 0.5) is 17.6 Å². The zero-order valence-corrected chi connectivity index (χ0v) is 15.5. The second-order valence-corrected chi connectivity index (χ2v) is 6.02. The summed E-state index contributed by atoms with van der Waals surface area (Å²) in [5, 5.41) is 3.44. The first-order chi connectivity index (χ1) is 13.0. The van der Waals surface area contributed by atoms with Gasteiger partial charge in [0.2, 0.25) is 0 Å². The monoisotopic (exact) mass is 420 g/mol. The van der Waals surface area contributed by atoms with Crippen molar-refractivity contribution in [2.45, 2.75) is 6.18 Å². The molecule has 11 heteroatoms. The van der Waals surface area contributed by atoms with Crippen LogP contribution in [0.5, 0.6) is 0 Å². The van der Waals surface area contributed by atoms with Gasteiger partial charge in [-0.1, -0.05) is 22.8 Å². The highest BCUT2D eigenvalue weighted by molar-refractivity contribution is 6.33. The molecule has 0 aliphatic carbocycles.